The Labute approximate surface area is 141 Å². The molecule has 5 nitrogen and oxygen atoms in total. The van der Waals surface area contributed by atoms with E-state index in [2.05, 4.69) is 10.6 Å². The molecule has 1 fully saturated rings. The third kappa shape index (κ3) is 3.74. The molecule has 2 amide bonds. The van der Waals surface area contributed by atoms with Crippen molar-refractivity contribution in [1.29, 1.82) is 0 Å². The summed E-state index contributed by atoms with van der Waals surface area (Å²) in [6.07, 6.45) is 1.94. The Hall–Kier alpha value is -2.82. The molecule has 2 aromatic carbocycles. The summed E-state index contributed by atoms with van der Waals surface area (Å²) < 4.78 is 5.24. The van der Waals surface area contributed by atoms with Gasteiger partial charge in [0.2, 0.25) is 5.91 Å². The Morgan fingerprint density at radius 2 is 1.62 bits per heavy atom. The zero-order valence-corrected chi connectivity index (χ0v) is 13.8. The Morgan fingerprint density at radius 1 is 1.00 bits per heavy atom. The fraction of sp³-hybridized carbons (Fsp3) is 0.263. The van der Waals surface area contributed by atoms with Crippen molar-refractivity contribution >= 4 is 23.2 Å². The zero-order chi connectivity index (χ0) is 17.1. The molecule has 0 bridgehead atoms. The first-order valence-corrected chi connectivity index (χ1v) is 7.94. The van der Waals surface area contributed by atoms with Crippen LogP contribution in [0.4, 0.5) is 11.4 Å². The molecule has 1 aliphatic rings. The first-order valence-electron chi connectivity index (χ1n) is 7.94. The van der Waals surface area contributed by atoms with Gasteiger partial charge in [-0.05, 0) is 61.7 Å². The molecular formula is C19H20N2O3. The van der Waals surface area contributed by atoms with Crippen LogP contribution >= 0.6 is 0 Å². The van der Waals surface area contributed by atoms with Crippen molar-refractivity contribution in [2.75, 3.05) is 17.7 Å². The predicted molar refractivity (Wildman–Crippen MR) is 93.5 cm³/mol. The molecule has 0 spiro atoms. The van der Waals surface area contributed by atoms with Crippen LogP contribution in [0.1, 0.15) is 28.8 Å². The number of benzene rings is 2. The summed E-state index contributed by atoms with van der Waals surface area (Å²) in [7, 11) is 1.58. The van der Waals surface area contributed by atoms with Crippen LogP contribution in [-0.2, 0) is 4.79 Å². The maximum atomic E-state index is 12.3. The highest BCUT2D eigenvalue weighted by atomic mass is 16.5. The van der Waals surface area contributed by atoms with Gasteiger partial charge in [-0.1, -0.05) is 6.07 Å². The maximum absolute atomic E-state index is 12.3. The SMILES string of the molecule is COc1cc(C(=O)Nc2ccc(NC(=O)C3CC3)cc2)ccc1C. The third-order valence-corrected chi connectivity index (χ3v) is 4.03. The fourth-order valence-electron chi connectivity index (χ4n) is 2.39. The van der Waals surface area contributed by atoms with Crippen LogP contribution in [0.3, 0.4) is 0 Å². The second kappa shape index (κ2) is 6.74. The number of rotatable bonds is 5. The van der Waals surface area contributed by atoms with E-state index in [1.807, 2.05) is 13.0 Å². The van der Waals surface area contributed by atoms with Crippen LogP contribution in [0, 0.1) is 12.8 Å². The van der Waals surface area contributed by atoms with Crippen molar-refractivity contribution in [1.82, 2.24) is 0 Å². The van der Waals surface area contributed by atoms with Crippen molar-refractivity contribution in [3.05, 3.63) is 53.6 Å². The topological polar surface area (TPSA) is 67.4 Å². The van der Waals surface area contributed by atoms with E-state index >= 15 is 0 Å². The lowest BCUT2D eigenvalue weighted by atomic mass is 10.1. The predicted octanol–water partition coefficient (Wildman–Crippen LogP) is 3.60. The molecule has 2 N–H and O–H groups in total. The van der Waals surface area contributed by atoms with Crippen molar-refractivity contribution in [3.63, 3.8) is 0 Å². The van der Waals surface area contributed by atoms with Gasteiger partial charge in [-0.25, -0.2) is 0 Å². The lowest BCUT2D eigenvalue weighted by Crippen LogP contribution is -2.14. The molecule has 0 aliphatic heterocycles. The van der Waals surface area contributed by atoms with E-state index in [-0.39, 0.29) is 17.7 Å². The van der Waals surface area contributed by atoms with E-state index in [1.165, 1.54) is 0 Å². The van der Waals surface area contributed by atoms with Crippen molar-refractivity contribution in [2.24, 2.45) is 5.92 Å². The molecule has 24 heavy (non-hydrogen) atoms. The minimum atomic E-state index is -0.205. The number of carbonyl (C=O) groups is 2. The van der Waals surface area contributed by atoms with E-state index in [1.54, 1.807) is 43.5 Å². The molecule has 0 heterocycles. The summed E-state index contributed by atoms with van der Waals surface area (Å²) in [6, 6.07) is 12.4. The molecule has 5 heteroatoms. The molecule has 0 unspecified atom stereocenters. The van der Waals surface area contributed by atoms with E-state index in [4.69, 9.17) is 4.74 Å². The lowest BCUT2D eigenvalue weighted by molar-refractivity contribution is -0.117. The summed E-state index contributed by atoms with van der Waals surface area (Å²) in [4.78, 5) is 24.0. The van der Waals surface area contributed by atoms with E-state index in [0.717, 1.165) is 24.1 Å². The Kier molecular flexibility index (Phi) is 4.51. The van der Waals surface area contributed by atoms with Gasteiger partial charge in [0, 0.05) is 22.9 Å². The molecule has 0 aromatic heterocycles. The highest BCUT2D eigenvalue weighted by Gasteiger charge is 2.29. The number of ether oxygens (including phenoxy) is 1. The summed E-state index contributed by atoms with van der Waals surface area (Å²) in [5, 5.41) is 5.71. The van der Waals surface area contributed by atoms with Gasteiger partial charge in [0.05, 0.1) is 7.11 Å². The van der Waals surface area contributed by atoms with E-state index in [9.17, 15) is 9.59 Å². The van der Waals surface area contributed by atoms with Crippen LogP contribution < -0.4 is 15.4 Å². The minimum Gasteiger partial charge on any atom is -0.496 e. The Morgan fingerprint density at radius 3 is 2.21 bits per heavy atom. The molecule has 0 radical (unpaired) electrons. The number of carbonyl (C=O) groups excluding carboxylic acids is 2. The van der Waals surface area contributed by atoms with Gasteiger partial charge >= 0.3 is 0 Å². The highest BCUT2D eigenvalue weighted by Crippen LogP contribution is 2.30. The summed E-state index contributed by atoms with van der Waals surface area (Å²) in [6.45, 7) is 1.93. The van der Waals surface area contributed by atoms with Crippen LogP contribution in [0.15, 0.2) is 42.5 Å². The van der Waals surface area contributed by atoms with Crippen LogP contribution in [-0.4, -0.2) is 18.9 Å². The normalized spacial score (nSPS) is 13.2. The van der Waals surface area contributed by atoms with Gasteiger partial charge in [-0.15, -0.1) is 0 Å². The zero-order valence-electron chi connectivity index (χ0n) is 13.8. The average Bonchev–Trinajstić information content (AvgIpc) is 3.42. The molecule has 0 saturated heterocycles. The van der Waals surface area contributed by atoms with Crippen molar-refractivity contribution < 1.29 is 14.3 Å². The Bertz CT molecular complexity index is 765. The molecule has 124 valence electrons. The smallest absolute Gasteiger partial charge is 0.255 e. The summed E-state index contributed by atoms with van der Waals surface area (Å²) >= 11 is 0. The Balaban J connectivity index is 1.64. The van der Waals surface area contributed by atoms with Crippen LogP contribution in [0.25, 0.3) is 0 Å². The second-order valence-corrected chi connectivity index (χ2v) is 5.98. The number of hydrogen-bond acceptors (Lipinski definition) is 3. The van der Waals surface area contributed by atoms with Crippen molar-refractivity contribution in [3.8, 4) is 5.75 Å². The third-order valence-electron chi connectivity index (χ3n) is 4.03. The van der Waals surface area contributed by atoms with E-state index in [0.29, 0.717) is 17.0 Å². The quantitative estimate of drug-likeness (QED) is 0.883. The minimum absolute atomic E-state index is 0.0681. The number of amides is 2. The maximum Gasteiger partial charge on any atom is 0.255 e. The molecule has 1 aliphatic carbocycles. The fourth-order valence-corrected chi connectivity index (χ4v) is 2.39. The van der Waals surface area contributed by atoms with Gasteiger partial charge in [0.25, 0.3) is 5.91 Å². The highest BCUT2D eigenvalue weighted by molar-refractivity contribution is 6.04. The van der Waals surface area contributed by atoms with Gasteiger partial charge in [-0.2, -0.15) is 0 Å². The second-order valence-electron chi connectivity index (χ2n) is 5.98. The lowest BCUT2D eigenvalue weighted by Gasteiger charge is -2.10. The average molecular weight is 324 g/mol. The van der Waals surface area contributed by atoms with Crippen LogP contribution in [0.2, 0.25) is 0 Å². The number of anilines is 2. The molecule has 2 aromatic rings. The summed E-state index contributed by atoms with van der Waals surface area (Å²) in [5.74, 6) is 0.711. The number of hydrogen-bond donors (Lipinski definition) is 2. The largest absolute Gasteiger partial charge is 0.496 e. The van der Waals surface area contributed by atoms with Crippen LogP contribution in [0.5, 0.6) is 5.75 Å². The molecule has 3 rings (SSSR count). The standard InChI is InChI=1S/C19H20N2O3/c1-12-3-4-14(11-17(12)24-2)19(23)21-16-9-7-15(8-10-16)20-18(22)13-5-6-13/h3-4,7-11,13H,5-6H2,1-2H3,(H,20,22)(H,21,23). The number of methoxy groups -OCH3 is 1. The molecule has 0 atom stereocenters. The van der Waals surface area contributed by atoms with Crippen molar-refractivity contribution in [2.45, 2.75) is 19.8 Å². The van der Waals surface area contributed by atoms with E-state index < -0.39 is 0 Å². The first kappa shape index (κ1) is 16.1. The van der Waals surface area contributed by atoms with Gasteiger partial charge in [0.1, 0.15) is 5.75 Å². The summed E-state index contributed by atoms with van der Waals surface area (Å²) in [5.41, 5.74) is 2.92. The monoisotopic (exact) mass is 324 g/mol. The molecule has 1 saturated carbocycles. The number of nitrogens with one attached hydrogen (secondary N) is 2. The molecular weight excluding hydrogens is 304 g/mol. The first-order chi connectivity index (χ1) is 11.6. The van der Waals surface area contributed by atoms with Gasteiger partial charge < -0.3 is 15.4 Å². The van der Waals surface area contributed by atoms with Gasteiger partial charge in [-0.3, -0.25) is 9.59 Å². The number of aryl methyl sites for hydroxylation is 1. The van der Waals surface area contributed by atoms with Gasteiger partial charge in [0.15, 0.2) is 0 Å².